The highest BCUT2D eigenvalue weighted by molar-refractivity contribution is 5.79. The summed E-state index contributed by atoms with van der Waals surface area (Å²) in [6.07, 6.45) is 12.4. The van der Waals surface area contributed by atoms with Crippen molar-refractivity contribution in [1.29, 1.82) is 0 Å². The van der Waals surface area contributed by atoms with Crippen LogP contribution in [0.25, 0.3) is 0 Å². The molecule has 4 rings (SSSR count). The van der Waals surface area contributed by atoms with E-state index >= 15 is 0 Å². The summed E-state index contributed by atoms with van der Waals surface area (Å²) in [5.74, 6) is 3.15. The molecule has 0 spiro atoms. The number of likely N-dealkylation sites (tertiary alicyclic amines) is 1. The van der Waals surface area contributed by atoms with E-state index in [-0.39, 0.29) is 12.0 Å². The summed E-state index contributed by atoms with van der Waals surface area (Å²) in [6, 6.07) is 0. The molecule has 0 radical (unpaired) electrons. The zero-order chi connectivity index (χ0) is 15.1. The molecule has 3 aliphatic carbocycles. The fraction of sp³-hybridized carbons (Fsp3) is 0.947. The van der Waals surface area contributed by atoms with Crippen LogP contribution >= 0.6 is 0 Å². The Hall–Kier alpha value is -0.570. The number of rotatable bonds is 1. The largest absolute Gasteiger partial charge is 0.392 e. The summed E-state index contributed by atoms with van der Waals surface area (Å²) in [4.78, 5) is 15.1. The smallest absolute Gasteiger partial charge is 0.225 e. The fourth-order valence-corrected chi connectivity index (χ4v) is 5.94. The molecule has 1 N–H and O–H groups in total. The normalized spacial score (nSPS) is 45.2. The Morgan fingerprint density at radius 3 is 2.14 bits per heavy atom. The number of piperidine rings is 1. The number of hydrogen-bond donors (Lipinski definition) is 1. The van der Waals surface area contributed by atoms with Gasteiger partial charge in [-0.2, -0.15) is 0 Å². The molecular formula is C19H31NO2. The number of amides is 1. The lowest BCUT2D eigenvalue weighted by atomic mass is 9.67. The second-order valence-electron chi connectivity index (χ2n) is 8.50. The lowest BCUT2D eigenvalue weighted by molar-refractivity contribution is -0.146. The van der Waals surface area contributed by atoms with Gasteiger partial charge in [0.2, 0.25) is 5.91 Å². The van der Waals surface area contributed by atoms with Gasteiger partial charge in [0.1, 0.15) is 0 Å². The van der Waals surface area contributed by atoms with Gasteiger partial charge >= 0.3 is 0 Å². The third-order valence-corrected chi connectivity index (χ3v) is 7.23. The Morgan fingerprint density at radius 2 is 1.41 bits per heavy atom. The molecule has 4 aliphatic rings. The van der Waals surface area contributed by atoms with Crippen molar-refractivity contribution in [3.63, 3.8) is 0 Å². The highest BCUT2D eigenvalue weighted by atomic mass is 16.3. The molecule has 0 aromatic rings. The first-order chi connectivity index (χ1) is 10.7. The highest BCUT2D eigenvalue weighted by Gasteiger charge is 2.42. The van der Waals surface area contributed by atoms with Crippen LogP contribution < -0.4 is 0 Å². The average Bonchev–Trinajstić information content (AvgIpc) is 2.53. The van der Waals surface area contributed by atoms with Crippen LogP contribution in [0, 0.1) is 29.6 Å². The van der Waals surface area contributed by atoms with Crippen molar-refractivity contribution in [3.05, 3.63) is 0 Å². The predicted octanol–water partition coefficient (Wildman–Crippen LogP) is 3.21. The van der Waals surface area contributed by atoms with Crippen molar-refractivity contribution in [2.45, 2.75) is 70.3 Å². The first-order valence-electron chi connectivity index (χ1n) is 9.69. The summed E-state index contributed by atoms with van der Waals surface area (Å²) >= 11 is 0. The number of aliphatic hydroxyl groups excluding tert-OH is 1. The minimum atomic E-state index is -0.146. The topological polar surface area (TPSA) is 40.5 Å². The summed E-state index contributed by atoms with van der Waals surface area (Å²) in [5.41, 5.74) is 0. The standard InChI is InChI=1S/C19H31NO2/c21-18-16-6-3-7-17(18)12-20(11-16)19(22)15-9-8-13-4-1-2-5-14(13)10-15/h13-18,21H,1-12H2/t13-,14-,15-,16-,17+,18?/m1/s1. The van der Waals surface area contributed by atoms with Gasteiger partial charge in [-0.25, -0.2) is 0 Å². The van der Waals surface area contributed by atoms with Crippen LogP contribution in [-0.2, 0) is 4.79 Å². The van der Waals surface area contributed by atoms with Gasteiger partial charge in [-0.3, -0.25) is 4.79 Å². The first-order valence-corrected chi connectivity index (χ1v) is 9.69. The van der Waals surface area contributed by atoms with Gasteiger partial charge in [-0.1, -0.05) is 32.1 Å². The molecule has 2 bridgehead atoms. The van der Waals surface area contributed by atoms with E-state index in [2.05, 4.69) is 4.90 Å². The van der Waals surface area contributed by atoms with E-state index in [1.54, 1.807) is 0 Å². The van der Waals surface area contributed by atoms with Crippen LogP contribution in [0.2, 0.25) is 0 Å². The molecule has 0 aromatic heterocycles. The van der Waals surface area contributed by atoms with Crippen LogP contribution in [0.1, 0.15) is 64.2 Å². The second kappa shape index (κ2) is 6.14. The summed E-state index contributed by atoms with van der Waals surface area (Å²) in [5, 5.41) is 10.3. The lowest BCUT2D eigenvalue weighted by Gasteiger charge is -2.47. The molecule has 3 heteroatoms. The van der Waals surface area contributed by atoms with E-state index in [0.29, 0.717) is 17.7 Å². The van der Waals surface area contributed by atoms with Gasteiger partial charge in [-0.15, -0.1) is 0 Å². The zero-order valence-corrected chi connectivity index (χ0v) is 13.8. The Morgan fingerprint density at radius 1 is 0.773 bits per heavy atom. The van der Waals surface area contributed by atoms with Crippen molar-refractivity contribution in [2.24, 2.45) is 29.6 Å². The van der Waals surface area contributed by atoms with Crippen LogP contribution in [0.4, 0.5) is 0 Å². The molecule has 0 aromatic carbocycles. The van der Waals surface area contributed by atoms with Gasteiger partial charge in [0.05, 0.1) is 6.10 Å². The summed E-state index contributed by atoms with van der Waals surface area (Å²) < 4.78 is 0. The molecule has 1 heterocycles. The maximum atomic E-state index is 13.0. The molecule has 1 aliphatic heterocycles. The van der Waals surface area contributed by atoms with E-state index in [4.69, 9.17) is 0 Å². The van der Waals surface area contributed by atoms with Crippen molar-refractivity contribution in [1.82, 2.24) is 4.90 Å². The predicted molar refractivity (Wildman–Crippen MR) is 86.2 cm³/mol. The van der Waals surface area contributed by atoms with E-state index in [9.17, 15) is 9.90 Å². The number of nitrogens with zero attached hydrogens (tertiary/aromatic N) is 1. The maximum absolute atomic E-state index is 13.0. The zero-order valence-electron chi connectivity index (χ0n) is 13.8. The Bertz CT molecular complexity index is 410. The molecule has 1 saturated heterocycles. The minimum Gasteiger partial charge on any atom is -0.392 e. The quantitative estimate of drug-likeness (QED) is 0.808. The third kappa shape index (κ3) is 2.70. The van der Waals surface area contributed by atoms with Gasteiger partial charge < -0.3 is 10.0 Å². The number of carbonyl (C=O) groups is 1. The molecular weight excluding hydrogens is 274 g/mol. The summed E-state index contributed by atoms with van der Waals surface area (Å²) in [6.45, 7) is 1.64. The number of hydrogen-bond acceptors (Lipinski definition) is 2. The third-order valence-electron chi connectivity index (χ3n) is 7.23. The van der Waals surface area contributed by atoms with Crippen molar-refractivity contribution >= 4 is 5.91 Å². The van der Waals surface area contributed by atoms with E-state index < -0.39 is 0 Å². The number of fused-ring (bicyclic) bond motifs is 3. The Kier molecular flexibility index (Phi) is 4.19. The molecule has 124 valence electrons. The van der Waals surface area contributed by atoms with Crippen LogP contribution in [-0.4, -0.2) is 35.1 Å². The minimum absolute atomic E-state index is 0.146. The molecule has 3 saturated carbocycles. The van der Waals surface area contributed by atoms with Gasteiger partial charge in [-0.05, 0) is 43.9 Å². The van der Waals surface area contributed by atoms with Crippen molar-refractivity contribution in [3.8, 4) is 0 Å². The second-order valence-corrected chi connectivity index (χ2v) is 8.50. The van der Waals surface area contributed by atoms with E-state index in [1.807, 2.05) is 0 Å². The van der Waals surface area contributed by atoms with Crippen LogP contribution in [0.5, 0.6) is 0 Å². The molecule has 1 unspecified atom stereocenters. The average molecular weight is 305 g/mol. The van der Waals surface area contributed by atoms with Crippen LogP contribution in [0.3, 0.4) is 0 Å². The monoisotopic (exact) mass is 305 g/mol. The van der Waals surface area contributed by atoms with Gasteiger partial charge in [0.25, 0.3) is 0 Å². The molecule has 1 amide bonds. The van der Waals surface area contributed by atoms with E-state index in [0.717, 1.165) is 50.6 Å². The van der Waals surface area contributed by atoms with Crippen molar-refractivity contribution in [2.75, 3.05) is 13.1 Å². The van der Waals surface area contributed by atoms with Gasteiger partial charge in [0, 0.05) is 30.8 Å². The Labute approximate surface area is 134 Å². The van der Waals surface area contributed by atoms with Crippen LogP contribution in [0.15, 0.2) is 0 Å². The molecule has 6 atom stereocenters. The first kappa shape index (κ1) is 15.0. The Balaban J connectivity index is 1.39. The molecule has 22 heavy (non-hydrogen) atoms. The number of aliphatic hydroxyl groups is 1. The summed E-state index contributed by atoms with van der Waals surface area (Å²) in [7, 11) is 0. The molecule has 3 nitrogen and oxygen atoms in total. The molecule has 4 fully saturated rings. The lowest BCUT2D eigenvalue weighted by Crippen LogP contribution is -2.54. The van der Waals surface area contributed by atoms with E-state index in [1.165, 1.54) is 38.5 Å². The number of carbonyl (C=O) groups excluding carboxylic acids is 1. The maximum Gasteiger partial charge on any atom is 0.225 e. The van der Waals surface area contributed by atoms with Crippen molar-refractivity contribution < 1.29 is 9.90 Å². The fourth-order valence-electron chi connectivity index (χ4n) is 5.94. The SMILES string of the molecule is O=C([C@@H]1CC[C@H]2CCCC[C@@H]2C1)N1C[C@H]2CCC[C@@H](C1)C2O. The van der Waals surface area contributed by atoms with Gasteiger partial charge in [0.15, 0.2) is 0 Å². The highest BCUT2D eigenvalue weighted by Crippen LogP contribution is 2.44.